The zero-order valence-electron chi connectivity index (χ0n) is 7.72. The van der Waals surface area contributed by atoms with Crippen molar-refractivity contribution in [2.75, 3.05) is 19.6 Å². The molecule has 0 aromatic carbocycles. The third-order valence-electron chi connectivity index (χ3n) is 2.32. The van der Waals surface area contributed by atoms with E-state index in [1.54, 1.807) is 0 Å². The quantitative estimate of drug-likeness (QED) is 0.685. The maximum Gasteiger partial charge on any atom is 0.213 e. The van der Waals surface area contributed by atoms with Gasteiger partial charge in [0.05, 0.1) is 18.8 Å². The van der Waals surface area contributed by atoms with Gasteiger partial charge in [0, 0.05) is 13.1 Å². The molecule has 2 heterocycles. The number of aliphatic hydroxyl groups excluding tert-OH is 1. The van der Waals surface area contributed by atoms with E-state index in [9.17, 15) is 9.90 Å². The monoisotopic (exact) mass is 196 g/mol. The van der Waals surface area contributed by atoms with E-state index >= 15 is 0 Å². The van der Waals surface area contributed by atoms with Crippen molar-refractivity contribution in [1.82, 2.24) is 9.88 Å². The van der Waals surface area contributed by atoms with Crippen LogP contribution in [0, 0.1) is 0 Å². The molecule has 1 aliphatic heterocycles. The Morgan fingerprint density at radius 1 is 1.79 bits per heavy atom. The van der Waals surface area contributed by atoms with Crippen molar-refractivity contribution in [1.29, 1.82) is 0 Å². The fraction of sp³-hybridized carbons (Fsp3) is 0.556. The Balaban J connectivity index is 1.89. The summed E-state index contributed by atoms with van der Waals surface area (Å²) >= 11 is 0. The van der Waals surface area contributed by atoms with E-state index in [-0.39, 0.29) is 17.6 Å². The maximum atomic E-state index is 11.5. The average molecular weight is 196 g/mol. The smallest absolute Gasteiger partial charge is 0.213 e. The van der Waals surface area contributed by atoms with Crippen LogP contribution < -0.4 is 0 Å². The number of rotatable bonds is 3. The fourth-order valence-corrected chi connectivity index (χ4v) is 1.59. The van der Waals surface area contributed by atoms with Gasteiger partial charge >= 0.3 is 0 Å². The summed E-state index contributed by atoms with van der Waals surface area (Å²) in [4.78, 5) is 17.1. The van der Waals surface area contributed by atoms with Gasteiger partial charge in [0.2, 0.25) is 5.78 Å². The van der Waals surface area contributed by atoms with Crippen LogP contribution in [0.3, 0.4) is 0 Å². The number of Topliss-reactive ketones (excluding diaryl/α,β-unsaturated/α-hetero) is 1. The van der Waals surface area contributed by atoms with Gasteiger partial charge in [-0.25, -0.2) is 4.98 Å². The van der Waals surface area contributed by atoms with Crippen LogP contribution in [0.15, 0.2) is 17.0 Å². The molecule has 0 saturated carbocycles. The second kappa shape index (κ2) is 3.89. The van der Waals surface area contributed by atoms with Crippen molar-refractivity contribution >= 4 is 5.78 Å². The number of ketones is 1. The molecule has 1 fully saturated rings. The molecule has 0 spiro atoms. The Morgan fingerprint density at radius 3 is 3.21 bits per heavy atom. The lowest BCUT2D eigenvalue weighted by Gasteiger charge is -2.11. The molecule has 1 aromatic rings. The molecular formula is C9H12N2O3. The molecule has 5 nitrogen and oxygen atoms in total. The second-order valence-corrected chi connectivity index (χ2v) is 3.47. The van der Waals surface area contributed by atoms with Gasteiger partial charge in [-0.2, -0.15) is 0 Å². The van der Waals surface area contributed by atoms with Gasteiger partial charge in [0.25, 0.3) is 0 Å². The van der Waals surface area contributed by atoms with Crippen molar-refractivity contribution in [3.8, 4) is 0 Å². The molecule has 1 N–H and O–H groups in total. The van der Waals surface area contributed by atoms with E-state index in [0.717, 1.165) is 13.0 Å². The molecule has 14 heavy (non-hydrogen) atoms. The fourth-order valence-electron chi connectivity index (χ4n) is 1.59. The molecule has 0 aliphatic carbocycles. The molecule has 1 saturated heterocycles. The Kier molecular flexibility index (Phi) is 2.60. The Bertz CT molecular complexity index is 310. The third-order valence-corrected chi connectivity index (χ3v) is 2.32. The highest BCUT2D eigenvalue weighted by Crippen LogP contribution is 2.09. The van der Waals surface area contributed by atoms with Crippen LogP contribution in [0.2, 0.25) is 0 Å². The second-order valence-electron chi connectivity index (χ2n) is 3.47. The lowest BCUT2D eigenvalue weighted by atomic mass is 10.3. The molecule has 1 aromatic heterocycles. The maximum absolute atomic E-state index is 11.5. The first-order valence-corrected chi connectivity index (χ1v) is 4.58. The lowest BCUT2D eigenvalue weighted by molar-refractivity contribution is 0.0907. The molecule has 2 rings (SSSR count). The van der Waals surface area contributed by atoms with Gasteiger partial charge in [-0.05, 0) is 6.42 Å². The molecule has 1 atom stereocenters. The number of hydrogen-bond donors (Lipinski definition) is 1. The van der Waals surface area contributed by atoms with Gasteiger partial charge in [0.15, 0.2) is 12.2 Å². The Labute approximate surface area is 81.3 Å². The van der Waals surface area contributed by atoms with Gasteiger partial charge < -0.3 is 9.52 Å². The number of aromatic nitrogens is 1. The van der Waals surface area contributed by atoms with Crippen LogP contribution >= 0.6 is 0 Å². The predicted octanol–water partition coefficient (Wildman–Crippen LogP) is -0.0761. The first-order chi connectivity index (χ1) is 6.75. The highest BCUT2D eigenvalue weighted by molar-refractivity contribution is 5.94. The molecule has 0 amide bonds. The minimum absolute atomic E-state index is 0.0865. The zero-order valence-corrected chi connectivity index (χ0v) is 7.72. The van der Waals surface area contributed by atoms with Crippen molar-refractivity contribution in [2.24, 2.45) is 0 Å². The first kappa shape index (κ1) is 9.36. The predicted molar refractivity (Wildman–Crippen MR) is 47.9 cm³/mol. The number of β-amino-alcohol motifs (C(OH)–C–C–N with tert-alkyl or cyclic N) is 1. The number of likely N-dealkylation sites (tertiary alicyclic amines) is 1. The molecule has 1 aliphatic rings. The topological polar surface area (TPSA) is 66.6 Å². The van der Waals surface area contributed by atoms with Crippen LogP contribution in [0.1, 0.15) is 17.0 Å². The van der Waals surface area contributed by atoms with E-state index in [4.69, 9.17) is 4.42 Å². The number of hydrogen-bond acceptors (Lipinski definition) is 5. The number of aliphatic hydroxyl groups is 1. The van der Waals surface area contributed by atoms with Crippen molar-refractivity contribution in [3.63, 3.8) is 0 Å². The minimum atomic E-state index is -0.294. The Morgan fingerprint density at radius 2 is 2.64 bits per heavy atom. The van der Waals surface area contributed by atoms with Gasteiger partial charge in [0.1, 0.15) is 0 Å². The van der Waals surface area contributed by atoms with Crippen LogP contribution in [0.4, 0.5) is 0 Å². The highest BCUT2D eigenvalue weighted by atomic mass is 16.3. The summed E-state index contributed by atoms with van der Waals surface area (Å²) in [6, 6.07) is 0. The third kappa shape index (κ3) is 2.00. The van der Waals surface area contributed by atoms with Crippen LogP contribution in [0.25, 0.3) is 0 Å². The zero-order chi connectivity index (χ0) is 9.97. The van der Waals surface area contributed by atoms with Crippen molar-refractivity contribution in [2.45, 2.75) is 12.5 Å². The van der Waals surface area contributed by atoms with Gasteiger partial charge in [-0.15, -0.1) is 0 Å². The summed E-state index contributed by atoms with van der Waals surface area (Å²) in [5.41, 5.74) is 0. The van der Waals surface area contributed by atoms with Crippen molar-refractivity contribution in [3.05, 3.63) is 18.4 Å². The van der Waals surface area contributed by atoms with Crippen LogP contribution in [0.5, 0.6) is 0 Å². The molecule has 0 radical (unpaired) electrons. The number of nitrogens with zero attached hydrogens (tertiary/aromatic N) is 2. The molecular weight excluding hydrogens is 184 g/mol. The van der Waals surface area contributed by atoms with Crippen molar-refractivity contribution < 1.29 is 14.3 Å². The summed E-state index contributed by atoms with van der Waals surface area (Å²) in [6.45, 7) is 1.63. The van der Waals surface area contributed by atoms with E-state index in [2.05, 4.69) is 4.98 Å². The Hall–Kier alpha value is -1.20. The summed E-state index contributed by atoms with van der Waals surface area (Å²) < 4.78 is 4.88. The first-order valence-electron chi connectivity index (χ1n) is 4.58. The van der Waals surface area contributed by atoms with Gasteiger partial charge in [-0.3, -0.25) is 9.69 Å². The average Bonchev–Trinajstić information content (AvgIpc) is 2.75. The molecule has 76 valence electrons. The molecule has 1 unspecified atom stereocenters. The SMILES string of the molecule is O=C(CN1CCC(O)C1)c1cnco1. The highest BCUT2D eigenvalue weighted by Gasteiger charge is 2.23. The van der Waals surface area contributed by atoms with Gasteiger partial charge in [-0.1, -0.05) is 0 Å². The number of oxazole rings is 1. The molecule has 0 bridgehead atoms. The van der Waals surface area contributed by atoms with E-state index in [1.165, 1.54) is 12.6 Å². The summed E-state index contributed by atoms with van der Waals surface area (Å²) in [7, 11) is 0. The largest absolute Gasteiger partial charge is 0.440 e. The lowest BCUT2D eigenvalue weighted by Crippen LogP contribution is -2.28. The summed E-state index contributed by atoms with van der Waals surface area (Å²) in [5.74, 6) is 0.197. The van der Waals surface area contributed by atoms with Crippen LogP contribution in [-0.2, 0) is 0 Å². The minimum Gasteiger partial charge on any atom is -0.440 e. The van der Waals surface area contributed by atoms with Crippen LogP contribution in [-0.4, -0.2) is 46.5 Å². The van der Waals surface area contributed by atoms with E-state index in [1.807, 2.05) is 4.90 Å². The standard InChI is InChI=1S/C9H12N2O3/c12-7-1-2-11(4-7)5-8(13)9-3-10-6-14-9/h3,6-7,12H,1-2,4-5H2. The van der Waals surface area contributed by atoms with E-state index in [0.29, 0.717) is 13.1 Å². The number of carbonyl (C=O) groups excluding carboxylic acids is 1. The normalized spacial score (nSPS) is 22.8. The summed E-state index contributed by atoms with van der Waals surface area (Å²) in [6.07, 6.45) is 3.10. The summed E-state index contributed by atoms with van der Waals surface area (Å²) in [5, 5.41) is 9.25. The van der Waals surface area contributed by atoms with E-state index < -0.39 is 0 Å². The molecule has 5 heteroatoms. The number of carbonyl (C=O) groups is 1.